The van der Waals surface area contributed by atoms with Crippen LogP contribution in [0.15, 0.2) is 66.8 Å². The van der Waals surface area contributed by atoms with Crippen molar-refractivity contribution in [2.45, 2.75) is 57.8 Å². The van der Waals surface area contributed by atoms with E-state index >= 15 is 0 Å². The summed E-state index contributed by atoms with van der Waals surface area (Å²) in [5.41, 5.74) is -1.51. The molecule has 1 aliphatic heterocycles. The van der Waals surface area contributed by atoms with Crippen LogP contribution in [0.2, 0.25) is 0 Å². The minimum atomic E-state index is -1.82. The summed E-state index contributed by atoms with van der Waals surface area (Å²) in [6, 6.07) is 9.45. The molecule has 0 bridgehead atoms. The highest BCUT2D eigenvalue weighted by Gasteiger charge is 2.67. The molecule has 2 fully saturated rings. The summed E-state index contributed by atoms with van der Waals surface area (Å²) in [5.74, 6) is -4.63. The van der Waals surface area contributed by atoms with Crippen molar-refractivity contribution >= 4 is 17.7 Å². The molecule has 7 nitrogen and oxygen atoms in total. The lowest BCUT2D eigenvalue weighted by Crippen LogP contribution is -2.58. The number of nitrogens with one attached hydrogen (secondary N) is 1. The molecule has 3 aliphatic rings. The number of carboxylic acid groups (broad SMARTS) is 1. The third-order valence-corrected chi connectivity index (χ3v) is 8.83. The number of allylic oxidation sites excluding steroid dienone is 2. The number of ketones is 1. The van der Waals surface area contributed by atoms with Gasteiger partial charge in [0.25, 0.3) is 0 Å². The number of benzene rings is 1. The average Bonchev–Trinajstić information content (AvgIpc) is 3.13. The number of hydrogen-bond donors (Lipinski definition) is 4. The van der Waals surface area contributed by atoms with Gasteiger partial charge in [0.15, 0.2) is 5.78 Å². The van der Waals surface area contributed by atoms with E-state index < -0.39 is 53.0 Å². The second kappa shape index (κ2) is 10.0. The number of aliphatic hydroxyl groups excluding tert-OH is 1. The summed E-state index contributed by atoms with van der Waals surface area (Å²) in [4.78, 5) is 39.3. The van der Waals surface area contributed by atoms with E-state index in [9.17, 15) is 29.7 Å². The first-order valence-corrected chi connectivity index (χ1v) is 13.0. The zero-order valence-electron chi connectivity index (χ0n) is 21.6. The highest BCUT2D eigenvalue weighted by Crippen LogP contribution is 2.60. The van der Waals surface area contributed by atoms with E-state index in [1.54, 1.807) is 19.1 Å². The van der Waals surface area contributed by atoms with Crippen LogP contribution in [0.1, 0.15) is 39.2 Å². The molecule has 1 saturated carbocycles. The van der Waals surface area contributed by atoms with Gasteiger partial charge in [-0.15, -0.1) is 0 Å². The van der Waals surface area contributed by atoms with Crippen molar-refractivity contribution in [2.24, 2.45) is 35.0 Å². The zero-order valence-corrected chi connectivity index (χ0v) is 21.6. The van der Waals surface area contributed by atoms with Gasteiger partial charge in [-0.05, 0) is 42.9 Å². The van der Waals surface area contributed by atoms with Crippen LogP contribution >= 0.6 is 0 Å². The highest BCUT2D eigenvalue weighted by atomic mass is 16.4. The first-order valence-electron chi connectivity index (χ1n) is 13.0. The van der Waals surface area contributed by atoms with Crippen molar-refractivity contribution in [1.29, 1.82) is 0 Å². The Morgan fingerprint density at radius 1 is 1.16 bits per heavy atom. The minimum Gasteiger partial charge on any atom is -0.481 e. The van der Waals surface area contributed by atoms with Crippen LogP contribution in [0, 0.1) is 35.0 Å². The predicted octanol–water partition coefficient (Wildman–Crippen LogP) is 3.08. The minimum absolute atomic E-state index is 0.289. The maximum absolute atomic E-state index is 14.2. The van der Waals surface area contributed by atoms with E-state index in [0.29, 0.717) is 18.4 Å². The molecular formula is C30H37NO6. The number of Topliss-reactive ketones (excluding diaryl/α,β-unsaturated/α-hetero) is 1. The van der Waals surface area contributed by atoms with Gasteiger partial charge in [-0.1, -0.05) is 69.0 Å². The van der Waals surface area contributed by atoms with E-state index in [-0.39, 0.29) is 23.8 Å². The normalized spacial score (nSPS) is 39.9. The molecule has 1 amide bonds. The number of carbonyl (C=O) groups is 3. The molecule has 9 unspecified atom stereocenters. The van der Waals surface area contributed by atoms with E-state index in [1.165, 1.54) is 19.1 Å². The number of carbonyl (C=O) groups excluding carboxylic acids is 2. The van der Waals surface area contributed by atoms with Gasteiger partial charge in [0.1, 0.15) is 5.60 Å². The number of aliphatic carboxylic acids is 1. The van der Waals surface area contributed by atoms with Crippen LogP contribution in [0.4, 0.5) is 0 Å². The Morgan fingerprint density at radius 3 is 2.49 bits per heavy atom. The van der Waals surface area contributed by atoms with Gasteiger partial charge in [-0.25, -0.2) is 0 Å². The summed E-state index contributed by atoms with van der Waals surface area (Å²) in [5, 5.41) is 35.6. The molecule has 4 N–H and O–H groups in total. The first kappa shape index (κ1) is 27.0. The third kappa shape index (κ3) is 4.59. The molecule has 9 atom stereocenters. The standard InChI is InChI=1S/C30H37NO6/c1-17-9-8-12-22-26(34)19(3)18(2)25-23(15-20-10-6-5-7-11-20)31-28(36)30(22,25)21(16-24(32)33)13-14-29(4,37)27(17)35/h5-8,10-14,17-18,21-23,25-26,34,37H,3,9,15-16H2,1-2,4H3,(H,31,36)(H,32,33). The van der Waals surface area contributed by atoms with Gasteiger partial charge in [0, 0.05) is 29.7 Å². The Morgan fingerprint density at radius 2 is 1.84 bits per heavy atom. The third-order valence-electron chi connectivity index (χ3n) is 8.83. The zero-order chi connectivity index (χ0) is 27.1. The molecule has 37 heavy (non-hydrogen) atoms. The number of rotatable bonds is 4. The molecule has 0 aromatic heterocycles. The Balaban J connectivity index is 1.94. The predicted molar refractivity (Wildman–Crippen MR) is 139 cm³/mol. The summed E-state index contributed by atoms with van der Waals surface area (Å²) >= 11 is 0. The van der Waals surface area contributed by atoms with Crippen LogP contribution in [-0.2, 0) is 20.8 Å². The largest absolute Gasteiger partial charge is 0.481 e. The van der Waals surface area contributed by atoms with E-state index in [2.05, 4.69) is 11.9 Å². The Bertz CT molecular complexity index is 1140. The van der Waals surface area contributed by atoms with Crippen LogP contribution in [0.5, 0.6) is 0 Å². The fourth-order valence-corrected chi connectivity index (χ4v) is 6.97. The molecule has 1 saturated heterocycles. The fourth-order valence-electron chi connectivity index (χ4n) is 6.97. The van der Waals surface area contributed by atoms with Gasteiger partial charge >= 0.3 is 5.97 Å². The van der Waals surface area contributed by atoms with Crippen molar-refractivity contribution in [3.8, 4) is 0 Å². The quantitative estimate of drug-likeness (QED) is 0.465. The molecule has 1 spiro atoms. The molecule has 1 aromatic rings. The monoisotopic (exact) mass is 507 g/mol. The summed E-state index contributed by atoms with van der Waals surface area (Å²) in [6.45, 7) is 9.23. The van der Waals surface area contributed by atoms with Crippen LogP contribution in [0.25, 0.3) is 0 Å². The van der Waals surface area contributed by atoms with Crippen LogP contribution in [-0.4, -0.2) is 50.7 Å². The highest BCUT2D eigenvalue weighted by molar-refractivity contribution is 5.91. The molecule has 4 rings (SSSR count). The van der Waals surface area contributed by atoms with E-state index in [1.807, 2.05) is 37.3 Å². The van der Waals surface area contributed by atoms with Crippen molar-refractivity contribution < 1.29 is 29.7 Å². The number of carboxylic acids is 1. The number of aliphatic hydroxyl groups is 2. The maximum atomic E-state index is 14.2. The van der Waals surface area contributed by atoms with Crippen molar-refractivity contribution in [3.05, 3.63) is 72.4 Å². The molecular weight excluding hydrogens is 470 g/mol. The summed E-state index contributed by atoms with van der Waals surface area (Å²) in [6.07, 6.45) is 5.80. The van der Waals surface area contributed by atoms with Crippen LogP contribution in [0.3, 0.4) is 0 Å². The smallest absolute Gasteiger partial charge is 0.303 e. The molecule has 0 radical (unpaired) electrons. The first-order chi connectivity index (χ1) is 17.4. The summed E-state index contributed by atoms with van der Waals surface area (Å²) in [7, 11) is 0. The van der Waals surface area contributed by atoms with Crippen molar-refractivity contribution in [3.63, 3.8) is 0 Å². The van der Waals surface area contributed by atoms with Crippen molar-refractivity contribution in [1.82, 2.24) is 5.32 Å². The fraction of sp³-hybridized carbons (Fsp3) is 0.500. The maximum Gasteiger partial charge on any atom is 0.303 e. The van der Waals surface area contributed by atoms with Crippen LogP contribution < -0.4 is 5.32 Å². The molecule has 1 heterocycles. The molecule has 2 aliphatic carbocycles. The van der Waals surface area contributed by atoms with E-state index in [4.69, 9.17) is 0 Å². The second-order valence-electron chi connectivity index (χ2n) is 11.2. The van der Waals surface area contributed by atoms with Gasteiger partial charge < -0.3 is 20.6 Å². The number of hydrogen-bond acceptors (Lipinski definition) is 5. The Labute approximate surface area is 218 Å². The SMILES string of the molecule is C=C1C(C)C2C(Cc3ccccc3)NC(=O)C23C(CC(=O)O)C=CC(C)(O)C(=O)C(C)CC=CC3C1O. The summed E-state index contributed by atoms with van der Waals surface area (Å²) < 4.78 is 0. The molecule has 1 aromatic carbocycles. The lowest BCUT2D eigenvalue weighted by atomic mass is 9.49. The average molecular weight is 508 g/mol. The number of amides is 1. The van der Waals surface area contributed by atoms with Crippen molar-refractivity contribution in [2.75, 3.05) is 0 Å². The molecule has 7 heteroatoms. The Hall–Kier alpha value is -3.03. The lowest BCUT2D eigenvalue weighted by Gasteiger charge is -2.53. The van der Waals surface area contributed by atoms with Gasteiger partial charge in [0.05, 0.1) is 17.9 Å². The second-order valence-corrected chi connectivity index (χ2v) is 11.2. The Kier molecular flexibility index (Phi) is 7.32. The lowest BCUT2D eigenvalue weighted by molar-refractivity contribution is -0.147. The van der Waals surface area contributed by atoms with Gasteiger partial charge in [-0.3, -0.25) is 14.4 Å². The topological polar surface area (TPSA) is 124 Å². The molecule has 198 valence electrons. The van der Waals surface area contributed by atoms with E-state index in [0.717, 1.165) is 5.56 Å². The van der Waals surface area contributed by atoms with Gasteiger partial charge in [0.2, 0.25) is 5.91 Å². The van der Waals surface area contributed by atoms with Gasteiger partial charge in [-0.2, -0.15) is 0 Å².